The van der Waals surface area contributed by atoms with E-state index < -0.39 is 9.84 Å². The van der Waals surface area contributed by atoms with Crippen molar-refractivity contribution in [2.75, 3.05) is 18.1 Å². The molecule has 2 aromatic rings. The van der Waals surface area contributed by atoms with Crippen molar-refractivity contribution in [1.82, 2.24) is 15.0 Å². The van der Waals surface area contributed by atoms with Crippen LogP contribution in [-0.2, 0) is 16.4 Å². The van der Waals surface area contributed by atoms with E-state index in [1.807, 2.05) is 0 Å². The first kappa shape index (κ1) is 15.2. The van der Waals surface area contributed by atoms with Crippen molar-refractivity contribution in [2.45, 2.75) is 32.4 Å². The summed E-state index contributed by atoms with van der Waals surface area (Å²) in [7, 11) is -2.90. The van der Waals surface area contributed by atoms with Crippen LogP contribution in [0, 0.1) is 0 Å². The largest absolute Gasteiger partial charge is 0.461 e. The van der Waals surface area contributed by atoms with Crippen LogP contribution in [0.1, 0.15) is 25.7 Å². The molecule has 8 heteroatoms. The van der Waals surface area contributed by atoms with Crippen LogP contribution >= 0.6 is 0 Å². The highest BCUT2D eigenvalue weighted by Gasteiger charge is 2.32. The maximum atomic E-state index is 11.7. The van der Waals surface area contributed by atoms with Crippen molar-refractivity contribution in [2.24, 2.45) is 0 Å². The Morgan fingerprint density at radius 2 is 2.32 bits per heavy atom. The zero-order valence-corrected chi connectivity index (χ0v) is 13.3. The predicted octanol–water partition coefficient (Wildman–Crippen LogP) is 1.73. The van der Waals surface area contributed by atoms with Gasteiger partial charge in [-0.2, -0.15) is 4.98 Å². The first-order valence-corrected chi connectivity index (χ1v) is 9.20. The summed E-state index contributed by atoms with van der Waals surface area (Å²) in [5.41, 5.74) is 0. The number of furan rings is 1. The van der Waals surface area contributed by atoms with E-state index in [9.17, 15) is 8.42 Å². The summed E-state index contributed by atoms with van der Waals surface area (Å²) in [5.74, 6) is 1.92. The van der Waals surface area contributed by atoms with Crippen molar-refractivity contribution < 1.29 is 17.4 Å². The summed E-state index contributed by atoms with van der Waals surface area (Å²) in [6, 6.07) is 3.56. The van der Waals surface area contributed by atoms with Crippen molar-refractivity contribution >= 4 is 9.84 Å². The van der Waals surface area contributed by atoms with E-state index in [0.717, 1.165) is 13.0 Å². The highest BCUT2D eigenvalue weighted by atomic mass is 32.2. The fourth-order valence-electron chi connectivity index (χ4n) is 2.74. The van der Waals surface area contributed by atoms with E-state index >= 15 is 0 Å². The predicted molar refractivity (Wildman–Crippen MR) is 79.8 cm³/mol. The van der Waals surface area contributed by atoms with Crippen LogP contribution in [0.4, 0.5) is 0 Å². The Morgan fingerprint density at radius 3 is 2.95 bits per heavy atom. The fraction of sp³-hybridized carbons (Fsp3) is 0.571. The first-order chi connectivity index (χ1) is 10.6. The third-order valence-corrected chi connectivity index (χ3v) is 5.53. The maximum Gasteiger partial charge on any atom is 0.241 e. The van der Waals surface area contributed by atoms with Gasteiger partial charge in [0.2, 0.25) is 11.7 Å². The van der Waals surface area contributed by atoms with Crippen LogP contribution in [0.2, 0.25) is 0 Å². The second-order valence-electron chi connectivity index (χ2n) is 5.52. The van der Waals surface area contributed by atoms with Gasteiger partial charge in [-0.25, -0.2) is 8.42 Å². The van der Waals surface area contributed by atoms with Crippen molar-refractivity contribution in [3.63, 3.8) is 0 Å². The summed E-state index contributed by atoms with van der Waals surface area (Å²) >= 11 is 0. The van der Waals surface area contributed by atoms with Gasteiger partial charge in [0.15, 0.2) is 15.6 Å². The van der Waals surface area contributed by atoms with Crippen molar-refractivity contribution in [1.29, 1.82) is 0 Å². The number of rotatable bonds is 6. The summed E-state index contributed by atoms with van der Waals surface area (Å²) in [4.78, 5) is 6.43. The SMILES string of the molecule is CCCN(Cc1nc(-c2ccco2)no1)C1CCS(=O)(=O)C1. The van der Waals surface area contributed by atoms with E-state index in [2.05, 4.69) is 22.0 Å². The monoisotopic (exact) mass is 325 g/mol. The van der Waals surface area contributed by atoms with E-state index in [0.29, 0.717) is 30.4 Å². The topological polar surface area (TPSA) is 89.4 Å². The molecule has 1 aliphatic heterocycles. The van der Waals surface area contributed by atoms with E-state index in [4.69, 9.17) is 8.94 Å². The Labute approximate surface area is 129 Å². The number of aromatic nitrogens is 2. The summed E-state index contributed by atoms with van der Waals surface area (Å²) in [6.07, 6.45) is 3.16. The minimum Gasteiger partial charge on any atom is -0.461 e. The number of hydrogen-bond donors (Lipinski definition) is 0. The molecule has 0 aromatic carbocycles. The van der Waals surface area contributed by atoms with Gasteiger partial charge in [-0.3, -0.25) is 4.90 Å². The van der Waals surface area contributed by atoms with E-state index in [1.54, 1.807) is 18.4 Å². The molecule has 0 spiro atoms. The molecule has 7 nitrogen and oxygen atoms in total. The fourth-order valence-corrected chi connectivity index (χ4v) is 4.50. The molecule has 0 saturated carbocycles. The Hall–Kier alpha value is -1.67. The van der Waals surface area contributed by atoms with Crippen LogP contribution in [0.5, 0.6) is 0 Å². The molecule has 1 atom stereocenters. The molecule has 3 rings (SSSR count). The lowest BCUT2D eigenvalue weighted by Gasteiger charge is -2.25. The molecule has 22 heavy (non-hydrogen) atoms. The normalized spacial score (nSPS) is 20.7. The molecule has 0 bridgehead atoms. The highest BCUT2D eigenvalue weighted by Crippen LogP contribution is 2.21. The van der Waals surface area contributed by atoms with Gasteiger partial charge in [-0.05, 0) is 31.5 Å². The Bertz CT molecular complexity index is 708. The minimum absolute atomic E-state index is 0.0314. The summed E-state index contributed by atoms with van der Waals surface area (Å²) in [5, 5.41) is 3.90. The van der Waals surface area contributed by atoms with Crippen LogP contribution in [0.3, 0.4) is 0 Å². The lowest BCUT2D eigenvalue weighted by Crippen LogP contribution is -2.36. The maximum absolute atomic E-state index is 11.7. The molecule has 0 amide bonds. The number of sulfone groups is 1. The van der Waals surface area contributed by atoms with Gasteiger partial charge in [0.05, 0.1) is 24.3 Å². The van der Waals surface area contributed by atoms with Crippen LogP contribution in [0.15, 0.2) is 27.3 Å². The highest BCUT2D eigenvalue weighted by molar-refractivity contribution is 7.91. The second-order valence-corrected chi connectivity index (χ2v) is 7.75. The van der Waals surface area contributed by atoms with Crippen LogP contribution in [-0.4, -0.2) is 47.6 Å². The van der Waals surface area contributed by atoms with Crippen molar-refractivity contribution in [3.05, 3.63) is 24.3 Å². The molecular weight excluding hydrogens is 306 g/mol. The molecule has 0 N–H and O–H groups in total. The Balaban J connectivity index is 1.71. The van der Waals surface area contributed by atoms with Gasteiger partial charge in [-0.15, -0.1) is 0 Å². The zero-order valence-electron chi connectivity index (χ0n) is 12.4. The minimum atomic E-state index is -2.90. The molecule has 1 unspecified atom stereocenters. The molecular formula is C14H19N3O4S. The molecule has 1 aliphatic rings. The summed E-state index contributed by atoms with van der Waals surface area (Å²) in [6.45, 7) is 3.33. The van der Waals surface area contributed by atoms with E-state index in [1.165, 1.54) is 0 Å². The van der Waals surface area contributed by atoms with Crippen LogP contribution in [0.25, 0.3) is 11.6 Å². The number of hydrogen-bond acceptors (Lipinski definition) is 7. The van der Waals surface area contributed by atoms with Gasteiger partial charge in [0.25, 0.3) is 0 Å². The Morgan fingerprint density at radius 1 is 1.45 bits per heavy atom. The van der Waals surface area contributed by atoms with E-state index in [-0.39, 0.29) is 17.5 Å². The average Bonchev–Trinajstić information content (AvgIpc) is 3.17. The molecule has 0 radical (unpaired) electrons. The smallest absolute Gasteiger partial charge is 0.241 e. The number of nitrogens with zero attached hydrogens (tertiary/aromatic N) is 3. The van der Waals surface area contributed by atoms with Gasteiger partial charge in [0.1, 0.15) is 0 Å². The lowest BCUT2D eigenvalue weighted by atomic mass is 10.2. The quantitative estimate of drug-likeness (QED) is 0.799. The molecule has 0 aliphatic carbocycles. The second kappa shape index (κ2) is 6.21. The van der Waals surface area contributed by atoms with Gasteiger partial charge in [-0.1, -0.05) is 12.1 Å². The zero-order chi connectivity index (χ0) is 15.6. The molecule has 3 heterocycles. The van der Waals surface area contributed by atoms with Gasteiger partial charge >= 0.3 is 0 Å². The molecule has 1 fully saturated rings. The third kappa shape index (κ3) is 3.38. The van der Waals surface area contributed by atoms with Gasteiger partial charge < -0.3 is 8.94 Å². The third-order valence-electron chi connectivity index (χ3n) is 3.78. The molecule has 120 valence electrons. The van der Waals surface area contributed by atoms with Crippen molar-refractivity contribution in [3.8, 4) is 11.6 Å². The molecule has 1 saturated heterocycles. The van der Waals surface area contributed by atoms with Crippen LogP contribution < -0.4 is 0 Å². The average molecular weight is 325 g/mol. The first-order valence-electron chi connectivity index (χ1n) is 7.38. The molecule has 2 aromatic heterocycles. The standard InChI is InChI=1S/C14H19N3O4S/c1-2-6-17(11-5-8-22(18,19)10-11)9-13-15-14(16-21-13)12-4-3-7-20-12/h3-4,7,11H,2,5-6,8-10H2,1H3. The Kier molecular flexibility index (Phi) is 4.30. The van der Waals surface area contributed by atoms with Gasteiger partial charge in [0, 0.05) is 6.04 Å². The lowest BCUT2D eigenvalue weighted by molar-refractivity contribution is 0.177. The summed E-state index contributed by atoms with van der Waals surface area (Å²) < 4.78 is 33.8.